The molecule has 2 aromatic rings. The molecule has 0 radical (unpaired) electrons. The highest BCUT2D eigenvalue weighted by molar-refractivity contribution is 5.31. The van der Waals surface area contributed by atoms with Gasteiger partial charge < -0.3 is 14.9 Å². The van der Waals surface area contributed by atoms with Crippen LogP contribution < -0.4 is 10.5 Å². The van der Waals surface area contributed by atoms with E-state index in [1.54, 1.807) is 19.6 Å². The van der Waals surface area contributed by atoms with Crippen LogP contribution in [-0.4, -0.2) is 7.11 Å². The van der Waals surface area contributed by atoms with Gasteiger partial charge in [-0.3, -0.25) is 0 Å². The largest absolute Gasteiger partial charge is 0.497 e. The molecule has 16 heavy (non-hydrogen) atoms. The minimum Gasteiger partial charge on any atom is -0.497 e. The summed E-state index contributed by atoms with van der Waals surface area (Å²) in [7, 11) is 1.65. The monoisotopic (exact) mass is 217 g/mol. The molecule has 0 saturated heterocycles. The third-order valence-electron chi connectivity index (χ3n) is 2.56. The summed E-state index contributed by atoms with van der Waals surface area (Å²) in [6.07, 6.45) is 4.15. The summed E-state index contributed by atoms with van der Waals surface area (Å²) in [5.41, 5.74) is 8.29. The molecule has 3 heteroatoms. The lowest BCUT2D eigenvalue weighted by molar-refractivity contribution is 0.414. The Bertz CT molecular complexity index is 437. The smallest absolute Gasteiger partial charge is 0.119 e. The van der Waals surface area contributed by atoms with Gasteiger partial charge in [0.15, 0.2) is 0 Å². The topological polar surface area (TPSA) is 48.4 Å². The van der Waals surface area contributed by atoms with E-state index in [1.165, 1.54) is 0 Å². The molecule has 1 heterocycles. The van der Waals surface area contributed by atoms with E-state index < -0.39 is 0 Å². The maximum atomic E-state index is 6.11. The molecular formula is C13H15NO2. The van der Waals surface area contributed by atoms with Crippen molar-refractivity contribution in [1.29, 1.82) is 0 Å². The van der Waals surface area contributed by atoms with Crippen molar-refractivity contribution in [3.05, 3.63) is 54.0 Å². The Morgan fingerprint density at radius 3 is 2.94 bits per heavy atom. The average molecular weight is 217 g/mol. The number of methoxy groups -OCH3 is 1. The molecule has 3 nitrogen and oxygen atoms in total. The van der Waals surface area contributed by atoms with E-state index in [1.807, 2.05) is 30.3 Å². The van der Waals surface area contributed by atoms with Crippen molar-refractivity contribution < 1.29 is 9.15 Å². The standard InChI is InChI=1S/C13H15NO2/c1-15-12-4-2-3-11(8-12)13(14)7-10-5-6-16-9-10/h2-6,8-9,13H,7,14H2,1H3. The molecule has 0 amide bonds. The molecular weight excluding hydrogens is 202 g/mol. The van der Waals surface area contributed by atoms with Crippen LogP contribution in [0.15, 0.2) is 47.3 Å². The summed E-state index contributed by atoms with van der Waals surface area (Å²) >= 11 is 0. The second-order valence-electron chi connectivity index (χ2n) is 3.72. The highest BCUT2D eigenvalue weighted by Crippen LogP contribution is 2.20. The molecule has 0 saturated carbocycles. The number of furan rings is 1. The van der Waals surface area contributed by atoms with Gasteiger partial charge in [-0.1, -0.05) is 12.1 Å². The summed E-state index contributed by atoms with van der Waals surface area (Å²) in [5.74, 6) is 0.833. The normalized spacial score (nSPS) is 12.4. The molecule has 2 N–H and O–H groups in total. The van der Waals surface area contributed by atoms with Crippen LogP contribution in [0.2, 0.25) is 0 Å². The Kier molecular flexibility index (Phi) is 3.27. The highest BCUT2D eigenvalue weighted by Gasteiger charge is 2.08. The predicted molar refractivity (Wildman–Crippen MR) is 62.3 cm³/mol. The Morgan fingerprint density at radius 2 is 2.25 bits per heavy atom. The quantitative estimate of drug-likeness (QED) is 0.856. The van der Waals surface area contributed by atoms with E-state index in [2.05, 4.69) is 0 Å². The van der Waals surface area contributed by atoms with Gasteiger partial charge in [0.2, 0.25) is 0 Å². The van der Waals surface area contributed by atoms with E-state index in [0.717, 1.165) is 23.3 Å². The van der Waals surface area contributed by atoms with Gasteiger partial charge in [0.1, 0.15) is 5.75 Å². The van der Waals surface area contributed by atoms with Crippen LogP contribution in [0.5, 0.6) is 5.75 Å². The van der Waals surface area contributed by atoms with Gasteiger partial charge in [-0.25, -0.2) is 0 Å². The zero-order chi connectivity index (χ0) is 11.4. The molecule has 1 aromatic carbocycles. The molecule has 1 aromatic heterocycles. The first-order valence-electron chi connectivity index (χ1n) is 5.20. The first-order chi connectivity index (χ1) is 7.79. The van der Waals surface area contributed by atoms with E-state index in [9.17, 15) is 0 Å². The van der Waals surface area contributed by atoms with Crippen LogP contribution >= 0.6 is 0 Å². The molecule has 1 atom stereocenters. The number of benzene rings is 1. The van der Waals surface area contributed by atoms with Crippen molar-refractivity contribution in [2.75, 3.05) is 7.11 Å². The second kappa shape index (κ2) is 4.86. The predicted octanol–water partition coefficient (Wildman–Crippen LogP) is 2.53. The Morgan fingerprint density at radius 1 is 1.38 bits per heavy atom. The van der Waals surface area contributed by atoms with Crippen molar-refractivity contribution in [1.82, 2.24) is 0 Å². The lowest BCUT2D eigenvalue weighted by Crippen LogP contribution is -2.12. The average Bonchev–Trinajstić information content (AvgIpc) is 2.82. The minimum atomic E-state index is -0.0345. The molecule has 0 bridgehead atoms. The number of hydrogen-bond acceptors (Lipinski definition) is 3. The van der Waals surface area contributed by atoms with E-state index in [0.29, 0.717) is 0 Å². The first kappa shape index (κ1) is 10.8. The fraction of sp³-hybridized carbons (Fsp3) is 0.231. The maximum Gasteiger partial charge on any atom is 0.119 e. The third kappa shape index (κ3) is 2.44. The highest BCUT2D eigenvalue weighted by atomic mass is 16.5. The Balaban J connectivity index is 2.11. The molecule has 84 valence electrons. The minimum absolute atomic E-state index is 0.0345. The van der Waals surface area contributed by atoms with Crippen LogP contribution in [0.1, 0.15) is 17.2 Å². The fourth-order valence-electron chi connectivity index (χ4n) is 1.65. The molecule has 2 rings (SSSR count). The van der Waals surface area contributed by atoms with Crippen LogP contribution in [0.4, 0.5) is 0 Å². The summed E-state index contributed by atoms with van der Waals surface area (Å²) in [6.45, 7) is 0. The van der Waals surface area contributed by atoms with Crippen molar-refractivity contribution in [2.45, 2.75) is 12.5 Å². The van der Waals surface area contributed by atoms with Gasteiger partial charge in [-0.15, -0.1) is 0 Å². The van der Waals surface area contributed by atoms with Gasteiger partial charge in [-0.05, 0) is 35.7 Å². The van der Waals surface area contributed by atoms with Gasteiger partial charge in [0.05, 0.1) is 19.6 Å². The van der Waals surface area contributed by atoms with Gasteiger partial charge >= 0.3 is 0 Å². The zero-order valence-electron chi connectivity index (χ0n) is 9.22. The Labute approximate surface area is 94.8 Å². The van der Waals surface area contributed by atoms with Crippen LogP contribution in [0, 0.1) is 0 Å². The molecule has 0 aliphatic rings. The van der Waals surface area contributed by atoms with Crippen molar-refractivity contribution in [2.24, 2.45) is 5.73 Å². The third-order valence-corrected chi connectivity index (χ3v) is 2.56. The SMILES string of the molecule is COc1cccc(C(N)Cc2ccoc2)c1. The Hall–Kier alpha value is -1.74. The van der Waals surface area contributed by atoms with Crippen molar-refractivity contribution in [3.63, 3.8) is 0 Å². The van der Waals surface area contributed by atoms with Gasteiger partial charge in [0, 0.05) is 6.04 Å². The van der Waals surface area contributed by atoms with E-state index in [4.69, 9.17) is 14.9 Å². The zero-order valence-corrected chi connectivity index (χ0v) is 9.22. The van der Waals surface area contributed by atoms with Crippen molar-refractivity contribution >= 4 is 0 Å². The summed E-state index contributed by atoms with van der Waals surface area (Å²) in [5, 5.41) is 0. The van der Waals surface area contributed by atoms with Crippen LogP contribution in [-0.2, 0) is 6.42 Å². The molecule has 1 unspecified atom stereocenters. The van der Waals surface area contributed by atoms with Crippen LogP contribution in [0.3, 0.4) is 0 Å². The lowest BCUT2D eigenvalue weighted by atomic mass is 10.0. The van der Waals surface area contributed by atoms with Gasteiger partial charge in [-0.2, -0.15) is 0 Å². The second-order valence-corrected chi connectivity index (χ2v) is 3.72. The molecule has 0 aliphatic heterocycles. The maximum absolute atomic E-state index is 6.11. The number of ether oxygens (including phenoxy) is 1. The molecule has 0 aliphatic carbocycles. The van der Waals surface area contributed by atoms with Crippen LogP contribution in [0.25, 0.3) is 0 Å². The number of nitrogens with two attached hydrogens (primary N) is 1. The molecule has 0 fully saturated rings. The molecule has 0 spiro atoms. The van der Waals surface area contributed by atoms with Gasteiger partial charge in [0.25, 0.3) is 0 Å². The summed E-state index contributed by atoms with van der Waals surface area (Å²) in [6, 6.07) is 9.72. The number of rotatable bonds is 4. The van der Waals surface area contributed by atoms with Crippen molar-refractivity contribution in [3.8, 4) is 5.75 Å². The lowest BCUT2D eigenvalue weighted by Gasteiger charge is -2.11. The summed E-state index contributed by atoms with van der Waals surface area (Å²) in [4.78, 5) is 0. The van der Waals surface area contributed by atoms with E-state index in [-0.39, 0.29) is 6.04 Å². The van der Waals surface area contributed by atoms with E-state index >= 15 is 0 Å². The summed E-state index contributed by atoms with van der Waals surface area (Å²) < 4.78 is 10.2. The first-order valence-corrected chi connectivity index (χ1v) is 5.20. The fourth-order valence-corrected chi connectivity index (χ4v) is 1.65. The number of hydrogen-bond donors (Lipinski definition) is 1.